The van der Waals surface area contributed by atoms with Crippen LogP contribution in [0.15, 0.2) is 42.6 Å². The number of nitro groups is 2. The largest absolute Gasteiger partial charge is 0.491 e. The number of hydrogen-bond donors (Lipinski definition) is 12. The number of benzene rings is 2. The van der Waals surface area contributed by atoms with E-state index in [-0.39, 0.29) is 112 Å². The first kappa shape index (κ1) is 61.2. The Bertz CT molecular complexity index is 2370. The molecule has 3 rings (SSSR count). The Morgan fingerprint density at radius 1 is 0.592 bits per heavy atom. The van der Waals surface area contributed by atoms with Gasteiger partial charge in [-0.2, -0.15) is 0 Å². The van der Waals surface area contributed by atoms with Gasteiger partial charge in [0.05, 0.1) is 22.2 Å². The second-order valence-electron chi connectivity index (χ2n) is 16.6. The smallest absolute Gasteiger partial charge is 0.326 e. The molecule has 0 saturated carbocycles. The average molecular weight is 1080 g/mol. The second-order valence-corrected chi connectivity index (χ2v) is 16.6. The van der Waals surface area contributed by atoms with Gasteiger partial charge in [0.15, 0.2) is 0 Å². The van der Waals surface area contributed by atoms with Crippen LogP contribution < -0.4 is 41.4 Å². The number of carbonyl (C=O) groups is 8. The number of nitro benzene ring substituents is 2. The summed E-state index contributed by atoms with van der Waals surface area (Å²) in [7, 11) is 0. The first-order valence-electron chi connectivity index (χ1n) is 23.3. The van der Waals surface area contributed by atoms with Crippen molar-refractivity contribution in [2.24, 2.45) is 0 Å². The van der Waals surface area contributed by atoms with Crippen molar-refractivity contribution >= 4 is 70.6 Å². The van der Waals surface area contributed by atoms with Crippen LogP contribution in [0, 0.1) is 20.2 Å². The van der Waals surface area contributed by atoms with Gasteiger partial charge < -0.3 is 72.0 Å². The molecule has 1 aromatic heterocycles. The maximum atomic E-state index is 13.0. The van der Waals surface area contributed by atoms with Crippen molar-refractivity contribution < 1.29 is 92.7 Å². The number of carboxylic acids is 6. The number of ether oxygens (including phenoxy) is 2. The standard InChI is InChI=1S/C44H58FN11O20/c45-17-5-6-25-22-54(53-52-25)26(23-75-27-9-13-35(55(71)72)33(20-27)46-18-3-1-7-29(39(61)62)48-43(69)50-31(41(65)66)11-15-37(57)58)24-76-28-10-14-36(56(73)74)34(21-28)47-19-4-2-8-30(40(63)64)49-44(70)51-32(42(67)68)12-16-38(59)60/h9-10,13-14,20-22,26,29-32,46-47H,1-8,11-12,15-19,23-24H2,(H,57,58)(H,59,60)(H,61,62)(H,63,64)(H,65,66)(H,67,68)(H2,48,50,69)(H2,49,51,70)/t26?,29-,30+,31-,32+. The fraction of sp³-hybridized carbons (Fsp3) is 0.500. The third kappa shape index (κ3) is 21.9. The fourth-order valence-corrected chi connectivity index (χ4v) is 6.93. The lowest BCUT2D eigenvalue weighted by atomic mass is 10.1. The first-order chi connectivity index (χ1) is 36.1. The molecule has 0 saturated heterocycles. The van der Waals surface area contributed by atoms with E-state index >= 15 is 0 Å². The number of unbranched alkanes of at least 4 members (excludes halogenated alkanes) is 2. The van der Waals surface area contributed by atoms with Crippen LogP contribution in [0.2, 0.25) is 0 Å². The topological polar surface area (TPSA) is 466 Å². The number of alkyl halides is 1. The number of aryl methyl sites for hydroxylation is 1. The van der Waals surface area contributed by atoms with Crippen molar-refractivity contribution in [3.63, 3.8) is 0 Å². The number of anilines is 2. The zero-order chi connectivity index (χ0) is 56.3. The van der Waals surface area contributed by atoms with Crippen molar-refractivity contribution in [2.45, 2.75) is 107 Å². The van der Waals surface area contributed by atoms with E-state index in [1.807, 2.05) is 10.6 Å². The third-order valence-corrected chi connectivity index (χ3v) is 10.9. The van der Waals surface area contributed by atoms with Crippen LogP contribution in [0.4, 0.5) is 36.7 Å². The molecule has 416 valence electrons. The number of nitrogens with zero attached hydrogens (tertiary/aromatic N) is 5. The molecule has 4 amide bonds. The van der Waals surface area contributed by atoms with Gasteiger partial charge in [0.25, 0.3) is 11.4 Å². The molecule has 0 aliphatic rings. The summed E-state index contributed by atoms with van der Waals surface area (Å²) < 4.78 is 26.5. The minimum atomic E-state index is -1.59. The lowest BCUT2D eigenvalue weighted by Gasteiger charge is -2.19. The van der Waals surface area contributed by atoms with E-state index in [9.17, 15) is 83.4 Å². The molecule has 0 spiro atoms. The molecule has 0 fully saturated rings. The molecule has 0 aliphatic carbocycles. The van der Waals surface area contributed by atoms with Crippen LogP contribution >= 0.6 is 0 Å². The Hall–Kier alpha value is -9.13. The summed E-state index contributed by atoms with van der Waals surface area (Å²) in [5, 5.41) is 102. The van der Waals surface area contributed by atoms with Gasteiger partial charge in [-0.1, -0.05) is 5.21 Å². The van der Waals surface area contributed by atoms with Crippen molar-refractivity contribution in [1.82, 2.24) is 36.3 Å². The number of rotatable bonds is 38. The van der Waals surface area contributed by atoms with Crippen LogP contribution in [0.25, 0.3) is 0 Å². The summed E-state index contributed by atoms with van der Waals surface area (Å²) in [5.74, 6) is -8.25. The Labute approximate surface area is 429 Å². The molecule has 3 aromatic rings. The van der Waals surface area contributed by atoms with Gasteiger partial charge in [0.1, 0.15) is 66.3 Å². The molecule has 0 bridgehead atoms. The van der Waals surface area contributed by atoms with Crippen molar-refractivity contribution in [3.8, 4) is 11.5 Å². The van der Waals surface area contributed by atoms with Gasteiger partial charge in [-0.3, -0.25) is 34.2 Å². The highest BCUT2D eigenvalue weighted by Gasteiger charge is 2.27. The van der Waals surface area contributed by atoms with Crippen LogP contribution in [-0.4, -0.2) is 161 Å². The SMILES string of the molecule is O=C(O)CC[C@H](NC(=O)N[C@@H](CCCCNc1cc(OCC(COc2ccc([N+](=O)[O-])c(NCCCC[C@@H](NC(=O)N[C@H](CCC(=O)O)C(=O)O)C(=O)O)c2)n2cc(CCCF)nn2)ccc1[N+](=O)[O-])C(=O)O)C(=O)O. The van der Waals surface area contributed by atoms with Gasteiger partial charge in [0, 0.05) is 56.4 Å². The number of carbonyl (C=O) groups excluding carboxylic acids is 2. The summed E-state index contributed by atoms with van der Waals surface area (Å²) in [5.41, 5.74) is -0.202. The highest BCUT2D eigenvalue weighted by atomic mass is 19.1. The van der Waals surface area contributed by atoms with E-state index < -0.39 is 120 Å². The van der Waals surface area contributed by atoms with Gasteiger partial charge in [0.2, 0.25) is 0 Å². The number of nitrogens with one attached hydrogen (secondary N) is 6. The number of aromatic nitrogens is 3. The molecule has 31 nitrogen and oxygen atoms in total. The highest BCUT2D eigenvalue weighted by molar-refractivity contribution is 5.87. The summed E-state index contributed by atoms with van der Waals surface area (Å²) >= 11 is 0. The van der Waals surface area contributed by atoms with Gasteiger partial charge >= 0.3 is 47.9 Å². The van der Waals surface area contributed by atoms with Crippen molar-refractivity contribution in [1.29, 1.82) is 0 Å². The quantitative estimate of drug-likeness (QED) is 0.0223. The van der Waals surface area contributed by atoms with Gasteiger partial charge in [-0.05, 0) is 76.3 Å². The molecule has 0 radical (unpaired) electrons. The number of urea groups is 2. The monoisotopic (exact) mass is 1080 g/mol. The predicted octanol–water partition coefficient (Wildman–Crippen LogP) is 3.00. The number of hydrogen-bond acceptors (Lipinski definition) is 18. The molecule has 32 heteroatoms. The molecular weight excluding hydrogens is 1020 g/mol. The lowest BCUT2D eigenvalue weighted by Crippen LogP contribution is -2.51. The van der Waals surface area contributed by atoms with Crippen molar-refractivity contribution in [2.75, 3.05) is 43.6 Å². The van der Waals surface area contributed by atoms with Crippen LogP contribution in [0.1, 0.15) is 82.4 Å². The van der Waals surface area contributed by atoms with E-state index in [1.165, 1.54) is 47.3 Å². The first-order valence-corrected chi connectivity index (χ1v) is 23.3. The molecule has 0 aliphatic heterocycles. The van der Waals surface area contributed by atoms with E-state index in [2.05, 4.69) is 31.6 Å². The number of aliphatic carboxylic acids is 6. The number of halogens is 1. The van der Waals surface area contributed by atoms with Crippen LogP contribution in [-0.2, 0) is 35.2 Å². The minimum absolute atomic E-state index is 0.0204. The molecule has 2 aromatic carbocycles. The zero-order valence-corrected chi connectivity index (χ0v) is 40.5. The Morgan fingerprint density at radius 2 is 0.987 bits per heavy atom. The predicted molar refractivity (Wildman–Crippen MR) is 258 cm³/mol. The fourth-order valence-electron chi connectivity index (χ4n) is 6.93. The Morgan fingerprint density at radius 3 is 1.34 bits per heavy atom. The molecule has 5 atom stereocenters. The minimum Gasteiger partial charge on any atom is -0.491 e. The van der Waals surface area contributed by atoms with Crippen LogP contribution in [0.3, 0.4) is 0 Å². The molecule has 1 unspecified atom stereocenters. The number of amides is 4. The normalized spacial score (nSPS) is 12.8. The average Bonchev–Trinajstić information content (AvgIpc) is 3.83. The van der Waals surface area contributed by atoms with E-state index in [1.54, 1.807) is 0 Å². The lowest BCUT2D eigenvalue weighted by molar-refractivity contribution is -0.384. The second kappa shape index (κ2) is 31.5. The molecule has 76 heavy (non-hydrogen) atoms. The Kier molecular flexibility index (Phi) is 25.3. The summed E-state index contributed by atoms with van der Waals surface area (Å²) in [6.07, 6.45) is 0.421. The van der Waals surface area contributed by atoms with Crippen molar-refractivity contribution in [3.05, 3.63) is 68.5 Å². The van der Waals surface area contributed by atoms with E-state index in [0.29, 0.717) is 5.69 Å². The van der Waals surface area contributed by atoms with Gasteiger partial charge in [-0.15, -0.1) is 5.10 Å². The maximum Gasteiger partial charge on any atom is 0.326 e. The summed E-state index contributed by atoms with van der Waals surface area (Å²) in [6, 6.07) is -1.52. The molecule has 1 heterocycles. The maximum absolute atomic E-state index is 13.0. The van der Waals surface area contributed by atoms with E-state index in [4.69, 9.17) is 19.7 Å². The zero-order valence-electron chi connectivity index (χ0n) is 40.5. The summed E-state index contributed by atoms with van der Waals surface area (Å²) in [6.45, 7) is -0.878. The van der Waals surface area contributed by atoms with Gasteiger partial charge in [-0.25, -0.2) is 33.4 Å². The Balaban J connectivity index is 1.66. The third-order valence-electron chi connectivity index (χ3n) is 10.9. The highest BCUT2D eigenvalue weighted by Crippen LogP contribution is 2.31. The molecule has 12 N–H and O–H groups in total. The number of carboxylic acid groups (broad SMARTS) is 6. The van der Waals surface area contributed by atoms with E-state index in [0.717, 1.165) is 0 Å². The molecular formula is C44H58FN11O20. The summed E-state index contributed by atoms with van der Waals surface area (Å²) in [4.78, 5) is 115. The van der Waals surface area contributed by atoms with Crippen LogP contribution in [0.5, 0.6) is 11.5 Å².